The molecule has 0 fully saturated rings. The van der Waals surface area contributed by atoms with Crippen LogP contribution in [0.1, 0.15) is 32.8 Å². The topological polar surface area (TPSA) is 59.6 Å². The molecular weight excluding hydrogens is 432 g/mol. The Morgan fingerprint density at radius 2 is 2.13 bits per heavy atom. The van der Waals surface area contributed by atoms with Gasteiger partial charge in [0.05, 0.1) is 6.54 Å². The summed E-state index contributed by atoms with van der Waals surface area (Å²) in [5.41, 5.74) is 6.36. The quantitative estimate of drug-likeness (QED) is 0.271. The first kappa shape index (κ1) is 22.4. The Balaban J connectivity index is 0.00000484. The molecule has 0 heterocycles. The first-order valence-electron chi connectivity index (χ1n) is 7.44. The fourth-order valence-corrected chi connectivity index (χ4v) is 2.42. The highest BCUT2D eigenvalue weighted by molar-refractivity contribution is 14.0. The summed E-state index contributed by atoms with van der Waals surface area (Å²) in [5, 5.41) is 3.45. The lowest BCUT2D eigenvalue weighted by molar-refractivity contribution is 0.145. The smallest absolute Gasteiger partial charge is 0.188 e. The van der Waals surface area contributed by atoms with Crippen LogP contribution < -0.4 is 11.1 Å². The van der Waals surface area contributed by atoms with E-state index < -0.39 is 0 Å². The van der Waals surface area contributed by atoms with Crippen LogP contribution >= 0.6 is 35.6 Å². The lowest BCUT2D eigenvalue weighted by atomic mass is 9.84. The predicted molar refractivity (Wildman–Crippen MR) is 105 cm³/mol. The molecule has 0 aromatic heterocycles. The SMILES string of the molecule is CCOCCCNC(N)=NCC(C)(C)c1ccc(F)cc1Cl.I. The number of halogens is 3. The maximum Gasteiger partial charge on any atom is 0.188 e. The molecule has 0 radical (unpaired) electrons. The van der Waals surface area contributed by atoms with Gasteiger partial charge in [0.2, 0.25) is 0 Å². The fraction of sp³-hybridized carbons (Fsp3) is 0.562. The maximum absolute atomic E-state index is 13.1. The van der Waals surface area contributed by atoms with Gasteiger partial charge in [-0.3, -0.25) is 4.99 Å². The van der Waals surface area contributed by atoms with Crippen molar-refractivity contribution in [1.29, 1.82) is 0 Å². The highest BCUT2D eigenvalue weighted by Gasteiger charge is 2.23. The molecule has 0 aliphatic rings. The van der Waals surface area contributed by atoms with Crippen LogP contribution in [0, 0.1) is 5.82 Å². The Hall–Kier alpha value is -0.600. The second kappa shape index (κ2) is 11.0. The summed E-state index contributed by atoms with van der Waals surface area (Å²) < 4.78 is 18.4. The van der Waals surface area contributed by atoms with Gasteiger partial charge in [-0.2, -0.15) is 0 Å². The van der Waals surface area contributed by atoms with Crippen molar-refractivity contribution >= 4 is 41.5 Å². The van der Waals surface area contributed by atoms with Crippen molar-refractivity contribution in [3.05, 3.63) is 34.6 Å². The summed E-state index contributed by atoms with van der Waals surface area (Å²) in [6.07, 6.45) is 0.872. The van der Waals surface area contributed by atoms with Gasteiger partial charge in [-0.25, -0.2) is 4.39 Å². The van der Waals surface area contributed by atoms with Gasteiger partial charge >= 0.3 is 0 Å². The third-order valence-electron chi connectivity index (χ3n) is 3.28. The summed E-state index contributed by atoms with van der Waals surface area (Å²) in [6, 6.07) is 4.42. The number of nitrogens with one attached hydrogen (secondary N) is 1. The van der Waals surface area contributed by atoms with E-state index in [1.165, 1.54) is 12.1 Å². The first-order valence-corrected chi connectivity index (χ1v) is 7.81. The molecule has 0 saturated heterocycles. The third kappa shape index (κ3) is 8.17. The highest BCUT2D eigenvalue weighted by atomic mass is 127. The molecule has 3 N–H and O–H groups in total. The van der Waals surface area contributed by atoms with Crippen LogP contribution in [0.5, 0.6) is 0 Å². The minimum atomic E-state index is -0.344. The van der Waals surface area contributed by atoms with Gasteiger partial charge < -0.3 is 15.8 Å². The van der Waals surface area contributed by atoms with Gasteiger partial charge in [-0.1, -0.05) is 31.5 Å². The van der Waals surface area contributed by atoms with E-state index in [0.29, 0.717) is 30.7 Å². The molecule has 0 amide bonds. The third-order valence-corrected chi connectivity index (χ3v) is 3.59. The van der Waals surface area contributed by atoms with Gasteiger partial charge in [0.15, 0.2) is 5.96 Å². The molecule has 7 heteroatoms. The molecule has 0 unspecified atom stereocenters. The highest BCUT2D eigenvalue weighted by Crippen LogP contribution is 2.30. The Labute approximate surface area is 160 Å². The van der Waals surface area contributed by atoms with Crippen LogP contribution in [-0.2, 0) is 10.2 Å². The van der Waals surface area contributed by atoms with Crippen LogP contribution in [0.15, 0.2) is 23.2 Å². The summed E-state index contributed by atoms with van der Waals surface area (Å²) in [6.45, 7) is 8.56. The van der Waals surface area contributed by atoms with Crippen LogP contribution in [-0.4, -0.2) is 32.3 Å². The zero-order valence-electron chi connectivity index (χ0n) is 13.9. The van der Waals surface area contributed by atoms with Gasteiger partial charge in [0, 0.05) is 30.2 Å². The molecule has 23 heavy (non-hydrogen) atoms. The van der Waals surface area contributed by atoms with Crippen molar-refractivity contribution in [2.75, 3.05) is 26.3 Å². The number of hydrogen-bond donors (Lipinski definition) is 2. The molecule has 0 aliphatic heterocycles. The van der Waals surface area contributed by atoms with E-state index in [1.54, 1.807) is 6.07 Å². The van der Waals surface area contributed by atoms with Gasteiger partial charge in [-0.05, 0) is 31.0 Å². The van der Waals surface area contributed by atoms with Crippen molar-refractivity contribution in [2.45, 2.75) is 32.6 Å². The van der Waals surface area contributed by atoms with Gasteiger partial charge in [0.1, 0.15) is 5.82 Å². The summed E-state index contributed by atoms with van der Waals surface area (Å²) >= 11 is 6.11. The standard InChI is InChI=1S/C16H25ClFN3O.HI/c1-4-22-9-5-8-20-15(19)21-11-16(2,3)13-7-6-12(18)10-14(13)17;/h6-7,10H,4-5,8-9,11H2,1-3H3,(H3,19,20,21);1H. The lowest BCUT2D eigenvalue weighted by Gasteiger charge is -2.24. The Kier molecular flexibility index (Phi) is 10.8. The van der Waals surface area contributed by atoms with Gasteiger partial charge in [0.25, 0.3) is 0 Å². The molecule has 0 bridgehead atoms. The van der Waals surface area contributed by atoms with Crippen LogP contribution in [0.2, 0.25) is 5.02 Å². The molecular formula is C16H26ClFIN3O. The van der Waals surface area contributed by atoms with E-state index >= 15 is 0 Å². The van der Waals surface area contributed by atoms with Crippen molar-refractivity contribution in [3.8, 4) is 0 Å². The minimum Gasteiger partial charge on any atom is -0.382 e. The number of guanidine groups is 1. The van der Waals surface area contributed by atoms with E-state index in [1.807, 2.05) is 20.8 Å². The Bertz CT molecular complexity index is 512. The van der Waals surface area contributed by atoms with Crippen molar-refractivity contribution in [2.24, 2.45) is 10.7 Å². The van der Waals surface area contributed by atoms with E-state index in [0.717, 1.165) is 18.6 Å². The lowest BCUT2D eigenvalue weighted by Crippen LogP contribution is -2.34. The number of aliphatic imine (C=N–C) groups is 1. The van der Waals surface area contributed by atoms with E-state index in [2.05, 4.69) is 10.3 Å². The summed E-state index contributed by atoms with van der Waals surface area (Å²) in [4.78, 5) is 4.34. The Morgan fingerprint density at radius 1 is 1.43 bits per heavy atom. The van der Waals surface area contributed by atoms with Crippen LogP contribution in [0.4, 0.5) is 4.39 Å². The number of nitrogens with two attached hydrogens (primary N) is 1. The maximum atomic E-state index is 13.1. The first-order chi connectivity index (χ1) is 10.4. The molecule has 4 nitrogen and oxygen atoms in total. The second-order valence-corrected chi connectivity index (χ2v) is 6.09. The summed E-state index contributed by atoms with van der Waals surface area (Å²) in [5.74, 6) is 0.0475. The molecule has 132 valence electrons. The van der Waals surface area contributed by atoms with Crippen molar-refractivity contribution in [1.82, 2.24) is 5.32 Å². The van der Waals surface area contributed by atoms with E-state index in [4.69, 9.17) is 22.1 Å². The average Bonchev–Trinajstić information content (AvgIpc) is 2.44. The van der Waals surface area contributed by atoms with E-state index in [-0.39, 0.29) is 35.2 Å². The molecule has 1 aromatic carbocycles. The number of nitrogens with zero attached hydrogens (tertiary/aromatic N) is 1. The summed E-state index contributed by atoms with van der Waals surface area (Å²) in [7, 11) is 0. The van der Waals surface area contributed by atoms with Crippen LogP contribution in [0.25, 0.3) is 0 Å². The molecule has 0 saturated carbocycles. The zero-order valence-corrected chi connectivity index (χ0v) is 17.0. The largest absolute Gasteiger partial charge is 0.382 e. The number of hydrogen-bond acceptors (Lipinski definition) is 2. The minimum absolute atomic E-state index is 0. The molecule has 0 atom stereocenters. The normalized spacial score (nSPS) is 12.0. The number of rotatable bonds is 8. The molecule has 1 aromatic rings. The van der Waals surface area contributed by atoms with Crippen LogP contribution in [0.3, 0.4) is 0 Å². The van der Waals surface area contributed by atoms with Crippen molar-refractivity contribution < 1.29 is 9.13 Å². The number of ether oxygens (including phenoxy) is 1. The monoisotopic (exact) mass is 457 g/mol. The van der Waals surface area contributed by atoms with E-state index in [9.17, 15) is 4.39 Å². The predicted octanol–water partition coefficient (Wildman–Crippen LogP) is 3.71. The zero-order chi connectivity index (χ0) is 16.6. The molecule has 0 spiro atoms. The number of benzene rings is 1. The average molecular weight is 458 g/mol. The molecule has 0 aliphatic carbocycles. The fourth-order valence-electron chi connectivity index (χ4n) is 2.00. The second-order valence-electron chi connectivity index (χ2n) is 5.69. The van der Waals surface area contributed by atoms with Gasteiger partial charge in [-0.15, -0.1) is 24.0 Å². The Morgan fingerprint density at radius 3 is 2.74 bits per heavy atom. The molecule has 1 rings (SSSR count). The van der Waals surface area contributed by atoms with Crippen molar-refractivity contribution in [3.63, 3.8) is 0 Å².